The van der Waals surface area contributed by atoms with Gasteiger partial charge in [0, 0.05) is 23.6 Å². The molecular weight excluding hydrogens is 270 g/mol. The summed E-state index contributed by atoms with van der Waals surface area (Å²) in [6, 6.07) is 6.21. The van der Waals surface area contributed by atoms with Gasteiger partial charge in [0.1, 0.15) is 5.75 Å². The van der Waals surface area contributed by atoms with Crippen LogP contribution >= 0.6 is 11.8 Å². The lowest BCUT2D eigenvalue weighted by atomic mass is 10.1. The third-order valence-corrected chi connectivity index (χ3v) is 5.36. The number of carbonyl (C=O) groups is 1. The zero-order valence-electron chi connectivity index (χ0n) is 12.7. The molecule has 1 fully saturated rings. The van der Waals surface area contributed by atoms with Crippen molar-refractivity contribution in [3.63, 3.8) is 0 Å². The quantitative estimate of drug-likeness (QED) is 0.798. The molecule has 0 bridgehead atoms. The zero-order chi connectivity index (χ0) is 14.7. The average molecular weight is 293 g/mol. The van der Waals surface area contributed by atoms with Crippen LogP contribution in [0.5, 0.6) is 5.75 Å². The number of aryl methyl sites for hydroxylation is 1. The molecule has 0 saturated carbocycles. The number of methoxy groups -OCH3 is 1. The van der Waals surface area contributed by atoms with E-state index in [-0.39, 0.29) is 5.78 Å². The van der Waals surface area contributed by atoms with E-state index in [0.717, 1.165) is 17.9 Å². The van der Waals surface area contributed by atoms with E-state index in [9.17, 15) is 4.79 Å². The van der Waals surface area contributed by atoms with Crippen molar-refractivity contribution in [3.05, 3.63) is 29.3 Å². The average Bonchev–Trinajstić information content (AvgIpc) is 2.43. The first-order chi connectivity index (χ1) is 9.52. The predicted molar refractivity (Wildman–Crippen MR) is 85.0 cm³/mol. The molecule has 1 heterocycles. The molecule has 2 atom stereocenters. The van der Waals surface area contributed by atoms with E-state index in [1.165, 1.54) is 0 Å². The SMILES string of the molecule is COc1cc(C)ccc1C(=O)CN1CCSC(C)C1C. The molecule has 0 spiro atoms. The van der Waals surface area contributed by atoms with E-state index in [1.54, 1.807) is 7.11 Å². The molecule has 2 rings (SSSR count). The molecule has 1 aliphatic heterocycles. The zero-order valence-corrected chi connectivity index (χ0v) is 13.5. The Kier molecular flexibility index (Phi) is 5.11. The van der Waals surface area contributed by atoms with Gasteiger partial charge in [-0.15, -0.1) is 0 Å². The number of nitrogens with zero attached hydrogens (tertiary/aromatic N) is 1. The van der Waals surface area contributed by atoms with Crippen LogP contribution in [-0.4, -0.2) is 47.9 Å². The highest BCUT2D eigenvalue weighted by Gasteiger charge is 2.27. The summed E-state index contributed by atoms with van der Waals surface area (Å²) in [4.78, 5) is 14.8. The second-order valence-electron chi connectivity index (χ2n) is 5.41. The van der Waals surface area contributed by atoms with Gasteiger partial charge in [0.05, 0.1) is 19.2 Å². The molecule has 1 aromatic rings. The van der Waals surface area contributed by atoms with Crippen molar-refractivity contribution in [3.8, 4) is 5.75 Å². The first-order valence-electron chi connectivity index (χ1n) is 7.06. The largest absolute Gasteiger partial charge is 0.496 e. The van der Waals surface area contributed by atoms with Crippen LogP contribution in [0.4, 0.5) is 0 Å². The Morgan fingerprint density at radius 1 is 1.45 bits per heavy atom. The van der Waals surface area contributed by atoms with Crippen LogP contribution in [0.15, 0.2) is 18.2 Å². The normalized spacial score (nSPS) is 23.6. The highest BCUT2D eigenvalue weighted by molar-refractivity contribution is 8.00. The number of hydrogen-bond acceptors (Lipinski definition) is 4. The Labute approximate surface area is 125 Å². The predicted octanol–water partition coefficient (Wildman–Crippen LogP) is 3.01. The summed E-state index contributed by atoms with van der Waals surface area (Å²) < 4.78 is 5.34. The van der Waals surface area contributed by atoms with Crippen LogP contribution in [0, 0.1) is 6.92 Å². The maximum absolute atomic E-state index is 12.5. The second kappa shape index (κ2) is 6.64. The number of thioether (sulfide) groups is 1. The number of ketones is 1. The summed E-state index contributed by atoms with van der Waals surface area (Å²) in [5, 5.41) is 0.580. The monoisotopic (exact) mass is 293 g/mol. The maximum Gasteiger partial charge on any atom is 0.180 e. The van der Waals surface area contributed by atoms with Crippen LogP contribution in [-0.2, 0) is 0 Å². The second-order valence-corrected chi connectivity index (χ2v) is 6.90. The van der Waals surface area contributed by atoms with Crippen LogP contribution in [0.2, 0.25) is 0 Å². The standard InChI is InChI=1S/C16H23NO2S/c1-11-5-6-14(16(9-11)19-4)15(18)10-17-7-8-20-13(3)12(17)2/h5-6,9,12-13H,7-8,10H2,1-4H3. The number of ether oxygens (including phenoxy) is 1. The van der Waals surface area contributed by atoms with Gasteiger partial charge >= 0.3 is 0 Å². The van der Waals surface area contributed by atoms with Crippen molar-refractivity contribution < 1.29 is 9.53 Å². The topological polar surface area (TPSA) is 29.5 Å². The number of benzene rings is 1. The van der Waals surface area contributed by atoms with Crippen LogP contribution in [0.1, 0.15) is 29.8 Å². The van der Waals surface area contributed by atoms with Gasteiger partial charge in [0.15, 0.2) is 5.78 Å². The van der Waals surface area contributed by atoms with Gasteiger partial charge in [-0.1, -0.05) is 13.0 Å². The summed E-state index contributed by atoms with van der Waals surface area (Å²) in [7, 11) is 1.62. The first kappa shape index (κ1) is 15.4. The number of carbonyl (C=O) groups excluding carboxylic acids is 1. The first-order valence-corrected chi connectivity index (χ1v) is 8.11. The molecule has 1 aliphatic rings. The lowest BCUT2D eigenvalue weighted by Crippen LogP contribution is -2.46. The number of hydrogen-bond donors (Lipinski definition) is 0. The van der Waals surface area contributed by atoms with E-state index in [2.05, 4.69) is 18.7 Å². The molecule has 0 radical (unpaired) electrons. The van der Waals surface area contributed by atoms with Gasteiger partial charge in [-0.3, -0.25) is 9.69 Å². The molecule has 0 aromatic heterocycles. The Bertz CT molecular complexity index is 489. The lowest BCUT2D eigenvalue weighted by Gasteiger charge is -2.37. The van der Waals surface area contributed by atoms with Crippen molar-refractivity contribution in [1.29, 1.82) is 0 Å². The number of Topliss-reactive ketones (excluding diaryl/α,β-unsaturated/α-hetero) is 1. The van der Waals surface area contributed by atoms with Crippen molar-refractivity contribution in [2.24, 2.45) is 0 Å². The smallest absolute Gasteiger partial charge is 0.180 e. The van der Waals surface area contributed by atoms with E-state index in [4.69, 9.17) is 4.74 Å². The molecule has 3 nitrogen and oxygen atoms in total. The van der Waals surface area contributed by atoms with Gasteiger partial charge in [0.25, 0.3) is 0 Å². The third-order valence-electron chi connectivity index (χ3n) is 4.02. The van der Waals surface area contributed by atoms with Crippen LogP contribution < -0.4 is 4.74 Å². The van der Waals surface area contributed by atoms with Crippen LogP contribution in [0.25, 0.3) is 0 Å². The Morgan fingerprint density at radius 3 is 2.90 bits per heavy atom. The fourth-order valence-corrected chi connectivity index (χ4v) is 3.68. The molecular formula is C16H23NO2S. The van der Waals surface area contributed by atoms with Crippen molar-refractivity contribution >= 4 is 17.5 Å². The Balaban J connectivity index is 2.12. The Hall–Kier alpha value is -1.00. The number of rotatable bonds is 4. The molecule has 4 heteroatoms. The molecule has 2 unspecified atom stereocenters. The fraction of sp³-hybridized carbons (Fsp3) is 0.562. The van der Waals surface area contributed by atoms with Crippen molar-refractivity contribution in [2.45, 2.75) is 32.1 Å². The minimum Gasteiger partial charge on any atom is -0.496 e. The molecule has 1 saturated heterocycles. The van der Waals surface area contributed by atoms with E-state index < -0.39 is 0 Å². The molecule has 110 valence electrons. The minimum absolute atomic E-state index is 0.146. The van der Waals surface area contributed by atoms with Gasteiger partial charge in [-0.05, 0) is 31.5 Å². The summed E-state index contributed by atoms with van der Waals surface area (Å²) in [5.41, 5.74) is 1.80. The lowest BCUT2D eigenvalue weighted by molar-refractivity contribution is 0.0899. The van der Waals surface area contributed by atoms with Gasteiger partial charge in [-0.2, -0.15) is 11.8 Å². The summed E-state index contributed by atoms with van der Waals surface area (Å²) in [6.45, 7) is 7.90. The summed E-state index contributed by atoms with van der Waals surface area (Å²) in [5.74, 6) is 1.93. The molecule has 0 amide bonds. The van der Waals surface area contributed by atoms with Gasteiger partial charge in [0.2, 0.25) is 0 Å². The molecule has 0 N–H and O–H groups in total. The highest BCUT2D eigenvalue weighted by Crippen LogP contribution is 2.26. The van der Waals surface area contributed by atoms with Gasteiger partial charge < -0.3 is 4.74 Å². The highest BCUT2D eigenvalue weighted by atomic mass is 32.2. The third kappa shape index (κ3) is 3.36. The van der Waals surface area contributed by atoms with Gasteiger partial charge in [-0.25, -0.2) is 0 Å². The van der Waals surface area contributed by atoms with E-state index >= 15 is 0 Å². The van der Waals surface area contributed by atoms with Crippen molar-refractivity contribution in [1.82, 2.24) is 4.90 Å². The molecule has 20 heavy (non-hydrogen) atoms. The summed E-state index contributed by atoms with van der Waals surface area (Å²) in [6.07, 6.45) is 0. The molecule has 1 aromatic carbocycles. The fourth-order valence-electron chi connectivity index (χ4n) is 2.52. The summed E-state index contributed by atoms with van der Waals surface area (Å²) >= 11 is 1.98. The maximum atomic E-state index is 12.5. The minimum atomic E-state index is 0.146. The Morgan fingerprint density at radius 2 is 2.20 bits per heavy atom. The van der Waals surface area contributed by atoms with Crippen molar-refractivity contribution in [2.75, 3.05) is 26.0 Å². The molecule has 0 aliphatic carbocycles. The van der Waals surface area contributed by atoms with Crippen LogP contribution in [0.3, 0.4) is 0 Å². The van der Waals surface area contributed by atoms with E-state index in [0.29, 0.717) is 29.1 Å². The van der Waals surface area contributed by atoms with E-state index in [1.807, 2.05) is 36.9 Å².